The summed E-state index contributed by atoms with van der Waals surface area (Å²) in [5.41, 5.74) is 4.03. The SMILES string of the molecule is N[C@H]1C[C@]12CCCN(c1nc3c(cc1F)c(=O)c(C(=O)O)cn3-c1ccc(F)cc1F)C2. The first kappa shape index (κ1) is 20.5. The monoisotopic (exact) mass is 444 g/mol. The first-order valence-electron chi connectivity index (χ1n) is 10.2. The summed E-state index contributed by atoms with van der Waals surface area (Å²) < 4.78 is 44.2. The summed E-state index contributed by atoms with van der Waals surface area (Å²) in [6, 6.07) is 3.70. The molecule has 0 unspecified atom stereocenters. The Bertz CT molecular complexity index is 1340. The van der Waals surface area contributed by atoms with E-state index in [1.807, 2.05) is 0 Å². The molecular weight excluding hydrogens is 425 g/mol. The molecule has 1 aromatic carbocycles. The number of benzene rings is 1. The Morgan fingerprint density at radius 3 is 2.62 bits per heavy atom. The number of carboxylic acids is 1. The van der Waals surface area contributed by atoms with Gasteiger partial charge in [-0.1, -0.05) is 0 Å². The quantitative estimate of drug-likeness (QED) is 0.644. The molecule has 2 aliphatic rings. The zero-order chi connectivity index (χ0) is 22.8. The first-order chi connectivity index (χ1) is 15.2. The van der Waals surface area contributed by atoms with E-state index >= 15 is 4.39 Å². The lowest BCUT2D eigenvalue weighted by molar-refractivity contribution is 0.0695. The Balaban J connectivity index is 1.74. The Hall–Kier alpha value is -3.40. The molecule has 5 rings (SSSR count). The maximum absolute atomic E-state index is 15.1. The number of nitrogens with zero attached hydrogens (tertiary/aromatic N) is 3. The van der Waals surface area contributed by atoms with Gasteiger partial charge in [-0.2, -0.15) is 0 Å². The summed E-state index contributed by atoms with van der Waals surface area (Å²) in [5, 5.41) is 9.11. The minimum Gasteiger partial charge on any atom is -0.477 e. The molecule has 166 valence electrons. The highest BCUT2D eigenvalue weighted by molar-refractivity contribution is 5.92. The highest BCUT2D eigenvalue weighted by atomic mass is 19.1. The number of nitrogens with two attached hydrogens (primary N) is 1. The maximum Gasteiger partial charge on any atom is 0.341 e. The smallest absolute Gasteiger partial charge is 0.341 e. The predicted molar refractivity (Wildman–Crippen MR) is 111 cm³/mol. The number of carbonyl (C=O) groups is 1. The van der Waals surface area contributed by atoms with Gasteiger partial charge in [0.05, 0.1) is 11.1 Å². The van der Waals surface area contributed by atoms with Gasteiger partial charge in [-0.25, -0.2) is 22.9 Å². The number of hydrogen-bond donors (Lipinski definition) is 2. The highest BCUT2D eigenvalue weighted by Crippen LogP contribution is 2.51. The zero-order valence-corrected chi connectivity index (χ0v) is 16.8. The van der Waals surface area contributed by atoms with Crippen LogP contribution in [0.4, 0.5) is 19.0 Å². The van der Waals surface area contributed by atoms with Gasteiger partial charge in [-0.15, -0.1) is 0 Å². The van der Waals surface area contributed by atoms with E-state index in [1.165, 1.54) is 0 Å². The molecule has 3 N–H and O–H groups in total. The van der Waals surface area contributed by atoms with Crippen LogP contribution in [-0.2, 0) is 0 Å². The third-order valence-electron chi connectivity index (χ3n) is 6.47. The van der Waals surface area contributed by atoms with Crippen molar-refractivity contribution in [3.8, 4) is 5.69 Å². The molecule has 3 heterocycles. The number of hydrogen-bond acceptors (Lipinski definition) is 5. The van der Waals surface area contributed by atoms with Gasteiger partial charge in [-0.05, 0) is 37.5 Å². The third kappa shape index (κ3) is 3.13. The van der Waals surface area contributed by atoms with Crippen LogP contribution in [-0.4, -0.2) is 39.8 Å². The lowest BCUT2D eigenvalue weighted by Crippen LogP contribution is -2.40. The Kier molecular flexibility index (Phi) is 4.52. The van der Waals surface area contributed by atoms with Crippen molar-refractivity contribution in [1.82, 2.24) is 9.55 Å². The van der Waals surface area contributed by atoms with Gasteiger partial charge in [0.25, 0.3) is 0 Å². The summed E-state index contributed by atoms with van der Waals surface area (Å²) in [5.74, 6) is -4.17. The van der Waals surface area contributed by atoms with Crippen molar-refractivity contribution in [3.63, 3.8) is 0 Å². The molecule has 32 heavy (non-hydrogen) atoms. The fraction of sp³-hybridized carbons (Fsp3) is 0.318. The lowest BCUT2D eigenvalue weighted by atomic mass is 9.94. The minimum absolute atomic E-state index is 0.0191. The third-order valence-corrected chi connectivity index (χ3v) is 6.47. The second-order valence-electron chi connectivity index (χ2n) is 8.51. The van der Waals surface area contributed by atoms with E-state index in [-0.39, 0.29) is 34.0 Å². The topological polar surface area (TPSA) is 101 Å². The molecule has 1 saturated heterocycles. The number of aromatic carboxylic acids is 1. The highest BCUT2D eigenvalue weighted by Gasteiger charge is 2.54. The first-order valence-corrected chi connectivity index (χ1v) is 10.2. The van der Waals surface area contributed by atoms with Gasteiger partial charge in [0.2, 0.25) is 5.43 Å². The van der Waals surface area contributed by atoms with Crippen LogP contribution in [0.2, 0.25) is 0 Å². The molecule has 3 aromatic rings. The predicted octanol–water partition coefficient (Wildman–Crippen LogP) is 2.82. The lowest BCUT2D eigenvalue weighted by Gasteiger charge is -2.34. The normalized spacial score (nSPS) is 22.5. The van der Waals surface area contributed by atoms with Crippen molar-refractivity contribution in [2.45, 2.75) is 25.3 Å². The van der Waals surface area contributed by atoms with Crippen LogP contribution in [0.3, 0.4) is 0 Å². The number of fused-ring (bicyclic) bond motifs is 1. The van der Waals surface area contributed by atoms with E-state index in [0.717, 1.165) is 48.2 Å². The van der Waals surface area contributed by atoms with Crippen molar-refractivity contribution < 1.29 is 23.1 Å². The number of pyridine rings is 2. The van der Waals surface area contributed by atoms with Crippen molar-refractivity contribution in [1.29, 1.82) is 0 Å². The molecule has 1 saturated carbocycles. The molecule has 0 radical (unpaired) electrons. The molecular formula is C22H19F3N4O3. The van der Waals surface area contributed by atoms with E-state index in [4.69, 9.17) is 5.73 Å². The second kappa shape index (κ2) is 7.06. The number of halogens is 3. The molecule has 1 spiro atoms. The van der Waals surface area contributed by atoms with Crippen LogP contribution in [0.1, 0.15) is 29.6 Å². The molecule has 0 bridgehead atoms. The fourth-order valence-corrected chi connectivity index (χ4v) is 4.64. The van der Waals surface area contributed by atoms with Gasteiger partial charge in [0, 0.05) is 36.8 Å². The van der Waals surface area contributed by atoms with Crippen LogP contribution in [0, 0.1) is 22.9 Å². The van der Waals surface area contributed by atoms with Crippen molar-refractivity contribution in [2.24, 2.45) is 11.1 Å². The number of aromatic nitrogens is 2. The molecule has 1 aliphatic carbocycles. The summed E-state index contributed by atoms with van der Waals surface area (Å²) in [6.07, 6.45) is 3.50. The Morgan fingerprint density at radius 2 is 1.97 bits per heavy atom. The van der Waals surface area contributed by atoms with Gasteiger partial charge < -0.3 is 15.7 Å². The molecule has 2 aromatic heterocycles. The average molecular weight is 444 g/mol. The molecule has 2 atom stereocenters. The van der Waals surface area contributed by atoms with Crippen LogP contribution < -0.4 is 16.1 Å². The van der Waals surface area contributed by atoms with Crippen LogP contribution in [0.5, 0.6) is 0 Å². The standard InChI is InChI=1S/C22H19F3N4O3/c23-11-2-3-16(14(24)6-11)29-9-13(21(31)32)18(30)12-7-15(25)20(27-19(12)29)28-5-1-4-22(10-28)8-17(22)26/h2-3,6-7,9,17H,1,4-5,8,10,26H2,(H,31,32)/t17-,22-/m0/s1. The number of piperidine rings is 1. The van der Waals surface area contributed by atoms with Crippen LogP contribution >= 0.6 is 0 Å². The molecule has 0 amide bonds. The van der Waals surface area contributed by atoms with Crippen molar-refractivity contribution >= 4 is 22.8 Å². The second-order valence-corrected chi connectivity index (χ2v) is 8.51. The number of carboxylic acid groups (broad SMARTS) is 1. The van der Waals surface area contributed by atoms with Gasteiger partial charge in [-0.3, -0.25) is 9.36 Å². The van der Waals surface area contributed by atoms with Gasteiger partial charge >= 0.3 is 5.97 Å². The van der Waals surface area contributed by atoms with E-state index in [0.29, 0.717) is 19.2 Å². The average Bonchev–Trinajstić information content (AvgIpc) is 3.35. The number of rotatable bonds is 3. The minimum atomic E-state index is -1.56. The molecule has 7 nitrogen and oxygen atoms in total. The maximum atomic E-state index is 15.1. The Morgan fingerprint density at radius 1 is 1.22 bits per heavy atom. The Labute approximate surface area is 179 Å². The molecule has 10 heteroatoms. The van der Waals surface area contributed by atoms with Crippen molar-refractivity contribution in [3.05, 3.63) is 63.7 Å². The fourth-order valence-electron chi connectivity index (χ4n) is 4.64. The van der Waals surface area contributed by atoms with E-state index in [1.54, 1.807) is 4.90 Å². The van der Waals surface area contributed by atoms with Gasteiger partial charge in [0.15, 0.2) is 17.3 Å². The zero-order valence-electron chi connectivity index (χ0n) is 16.8. The van der Waals surface area contributed by atoms with Gasteiger partial charge in [0.1, 0.15) is 17.2 Å². The van der Waals surface area contributed by atoms with E-state index < -0.39 is 34.4 Å². The number of anilines is 1. The van der Waals surface area contributed by atoms with E-state index in [9.17, 15) is 23.5 Å². The molecule has 1 aliphatic heterocycles. The largest absolute Gasteiger partial charge is 0.477 e. The summed E-state index contributed by atoms with van der Waals surface area (Å²) in [6.45, 7) is 1.04. The summed E-state index contributed by atoms with van der Waals surface area (Å²) in [7, 11) is 0. The van der Waals surface area contributed by atoms with Crippen molar-refractivity contribution in [2.75, 3.05) is 18.0 Å². The summed E-state index contributed by atoms with van der Waals surface area (Å²) in [4.78, 5) is 30.4. The van der Waals surface area contributed by atoms with Crippen LogP contribution in [0.15, 0.2) is 35.3 Å². The molecule has 2 fully saturated rings. The summed E-state index contributed by atoms with van der Waals surface area (Å²) >= 11 is 0. The van der Waals surface area contributed by atoms with Crippen LogP contribution in [0.25, 0.3) is 16.7 Å². The van der Waals surface area contributed by atoms with E-state index in [2.05, 4.69) is 4.98 Å².